The number of nitrogens with one attached hydrogen (secondary N) is 4. The van der Waals surface area contributed by atoms with Crippen LogP contribution < -0.4 is 20.7 Å². The molecule has 10 heteroatoms. The molecule has 0 atom stereocenters. The molecule has 2 aromatic heterocycles. The summed E-state index contributed by atoms with van der Waals surface area (Å²) < 4.78 is 10.5. The maximum atomic E-state index is 12.4. The Labute approximate surface area is 219 Å². The predicted octanol–water partition coefficient (Wildman–Crippen LogP) is 5.03. The molecule has 4 rings (SSSR count). The second-order valence-electron chi connectivity index (χ2n) is 8.47. The van der Waals surface area contributed by atoms with Crippen LogP contribution in [0.25, 0.3) is 11.4 Å². The molecule has 0 radical (unpaired) electrons. The Hall–Kier alpha value is -5.12. The van der Waals surface area contributed by atoms with Gasteiger partial charge in [-0.05, 0) is 67.4 Å². The van der Waals surface area contributed by atoms with E-state index in [4.69, 9.17) is 4.74 Å². The second-order valence-corrected chi connectivity index (χ2v) is 8.47. The van der Waals surface area contributed by atoms with Crippen LogP contribution in [0.5, 0.6) is 11.5 Å². The number of ether oxygens (including phenoxy) is 2. The fraction of sp³-hybridized carbons (Fsp3) is 0.143. The summed E-state index contributed by atoms with van der Waals surface area (Å²) in [5, 5.41) is 8.16. The monoisotopic (exact) mass is 513 g/mol. The van der Waals surface area contributed by atoms with Crippen LogP contribution in [0.15, 0.2) is 73.1 Å². The van der Waals surface area contributed by atoms with Crippen molar-refractivity contribution >= 4 is 29.3 Å². The molecule has 2 heterocycles. The molecule has 0 saturated carbocycles. The fourth-order valence-corrected chi connectivity index (χ4v) is 3.61. The van der Waals surface area contributed by atoms with Crippen LogP contribution in [0.4, 0.5) is 16.2 Å². The zero-order valence-corrected chi connectivity index (χ0v) is 21.1. The first kappa shape index (κ1) is 26.0. The number of nitrogens with zero attached hydrogens (tertiary/aromatic N) is 1. The summed E-state index contributed by atoms with van der Waals surface area (Å²) in [6, 6.07) is 17.6. The van der Waals surface area contributed by atoms with Gasteiger partial charge in [0.1, 0.15) is 18.0 Å². The van der Waals surface area contributed by atoms with Crippen LogP contribution in [0, 0.1) is 13.8 Å². The summed E-state index contributed by atoms with van der Waals surface area (Å²) in [7, 11) is 1.25. The molecule has 4 aromatic rings. The molecule has 2 aromatic carbocycles. The van der Waals surface area contributed by atoms with Crippen LogP contribution in [-0.2, 0) is 9.53 Å². The van der Waals surface area contributed by atoms with Crippen molar-refractivity contribution in [3.05, 3.63) is 89.7 Å². The molecule has 0 aliphatic rings. The normalized spacial score (nSPS) is 10.4. The van der Waals surface area contributed by atoms with Gasteiger partial charge in [0.05, 0.1) is 24.1 Å². The number of benzene rings is 2. The van der Waals surface area contributed by atoms with Gasteiger partial charge < -0.3 is 30.4 Å². The molecule has 3 amide bonds. The summed E-state index contributed by atoms with van der Waals surface area (Å²) in [4.78, 5) is 43.2. The first-order valence-electron chi connectivity index (χ1n) is 11.7. The highest BCUT2D eigenvalue weighted by Crippen LogP contribution is 2.28. The Morgan fingerprint density at radius 1 is 0.947 bits per heavy atom. The highest BCUT2D eigenvalue weighted by atomic mass is 16.5. The molecule has 0 fully saturated rings. The fourth-order valence-electron chi connectivity index (χ4n) is 3.61. The van der Waals surface area contributed by atoms with Gasteiger partial charge in [0.15, 0.2) is 0 Å². The minimum atomic E-state index is -0.537. The van der Waals surface area contributed by atoms with E-state index in [1.807, 2.05) is 44.2 Å². The molecule has 0 saturated heterocycles. The lowest BCUT2D eigenvalue weighted by Crippen LogP contribution is -2.29. The molecule has 0 aliphatic carbocycles. The molecular weight excluding hydrogens is 486 g/mol. The number of aromatic amines is 1. The maximum Gasteiger partial charge on any atom is 0.325 e. The number of pyridine rings is 1. The third-order valence-electron chi connectivity index (χ3n) is 5.53. The number of rotatable bonds is 8. The van der Waals surface area contributed by atoms with Gasteiger partial charge in [0, 0.05) is 29.8 Å². The second kappa shape index (κ2) is 11.7. The van der Waals surface area contributed by atoms with Crippen molar-refractivity contribution in [2.75, 3.05) is 24.3 Å². The van der Waals surface area contributed by atoms with E-state index in [1.54, 1.807) is 36.5 Å². The lowest BCUT2D eigenvalue weighted by molar-refractivity contribution is -0.139. The smallest absolute Gasteiger partial charge is 0.325 e. The third-order valence-corrected chi connectivity index (χ3v) is 5.53. The van der Waals surface area contributed by atoms with E-state index >= 15 is 0 Å². The Bertz CT molecular complexity index is 1480. The number of H-pyrrole nitrogens is 1. The Morgan fingerprint density at radius 3 is 2.53 bits per heavy atom. The van der Waals surface area contributed by atoms with Crippen LogP contribution in [0.2, 0.25) is 0 Å². The van der Waals surface area contributed by atoms with Gasteiger partial charge in [-0.25, -0.2) is 4.79 Å². The number of urea groups is 1. The van der Waals surface area contributed by atoms with Crippen LogP contribution in [0.1, 0.15) is 21.5 Å². The number of carbonyl (C=O) groups excluding carboxylic acids is 3. The average Bonchev–Trinajstić information content (AvgIpc) is 3.39. The van der Waals surface area contributed by atoms with Crippen molar-refractivity contribution in [2.24, 2.45) is 0 Å². The molecule has 10 nitrogen and oxygen atoms in total. The van der Waals surface area contributed by atoms with Gasteiger partial charge in [0.2, 0.25) is 0 Å². The van der Waals surface area contributed by atoms with Crippen LogP contribution in [-0.4, -0.2) is 41.5 Å². The summed E-state index contributed by atoms with van der Waals surface area (Å²) in [6.45, 7) is 3.61. The average molecular weight is 514 g/mol. The molecular formula is C28H27N5O5. The van der Waals surface area contributed by atoms with Crippen LogP contribution in [0.3, 0.4) is 0 Å². The Kier molecular flexibility index (Phi) is 8.02. The number of aryl methyl sites for hydroxylation is 2. The lowest BCUT2D eigenvalue weighted by Gasteiger charge is -2.12. The first-order valence-corrected chi connectivity index (χ1v) is 11.7. The molecule has 0 spiro atoms. The highest BCUT2D eigenvalue weighted by molar-refractivity contribution is 6.00. The summed E-state index contributed by atoms with van der Waals surface area (Å²) in [5.74, 6) is 0.171. The van der Waals surface area contributed by atoms with Gasteiger partial charge in [-0.2, -0.15) is 0 Å². The van der Waals surface area contributed by atoms with Gasteiger partial charge in [-0.3, -0.25) is 14.6 Å². The summed E-state index contributed by atoms with van der Waals surface area (Å²) in [6.07, 6.45) is 3.13. The van der Waals surface area contributed by atoms with E-state index in [9.17, 15) is 14.4 Å². The van der Waals surface area contributed by atoms with E-state index in [1.165, 1.54) is 13.3 Å². The zero-order chi connectivity index (χ0) is 27.1. The van der Waals surface area contributed by atoms with Gasteiger partial charge >= 0.3 is 12.0 Å². The third kappa shape index (κ3) is 6.76. The molecule has 0 unspecified atom stereocenters. The number of methoxy groups -OCH3 is 1. The highest BCUT2D eigenvalue weighted by Gasteiger charge is 2.13. The largest absolute Gasteiger partial charge is 0.468 e. The van der Waals surface area contributed by atoms with E-state index in [2.05, 4.69) is 30.7 Å². The van der Waals surface area contributed by atoms with Crippen molar-refractivity contribution in [3.8, 4) is 22.9 Å². The number of aromatic nitrogens is 2. The molecule has 0 aliphatic heterocycles. The van der Waals surface area contributed by atoms with Crippen molar-refractivity contribution in [1.29, 1.82) is 0 Å². The number of amides is 3. The topological polar surface area (TPSA) is 134 Å². The number of anilines is 2. The molecule has 194 valence electrons. The van der Waals surface area contributed by atoms with Crippen molar-refractivity contribution < 1.29 is 23.9 Å². The summed E-state index contributed by atoms with van der Waals surface area (Å²) >= 11 is 0. The number of hydrogen-bond donors (Lipinski definition) is 4. The van der Waals surface area contributed by atoms with E-state index in [0.717, 1.165) is 11.1 Å². The van der Waals surface area contributed by atoms with E-state index in [-0.39, 0.29) is 12.6 Å². The van der Waals surface area contributed by atoms with Crippen LogP contribution >= 0.6 is 0 Å². The Morgan fingerprint density at radius 2 is 1.76 bits per heavy atom. The van der Waals surface area contributed by atoms with Gasteiger partial charge in [0.25, 0.3) is 5.91 Å². The summed E-state index contributed by atoms with van der Waals surface area (Å²) in [5.41, 5.74) is 4.77. The standard InChI is InChI=1S/C28H27N5O5/c1-17-5-4-6-20(11-17)32-28(36)33-23-8-7-21(12-18(23)2)38-22-9-10-29-25(14-22)24-13-19(15-30-24)27(35)31-16-26(34)37-3/h4-15,30H,16H2,1-3H3,(H,31,35)(H2,32,33,36). The van der Waals surface area contributed by atoms with E-state index < -0.39 is 11.9 Å². The van der Waals surface area contributed by atoms with Gasteiger partial charge in [-0.15, -0.1) is 0 Å². The minimum Gasteiger partial charge on any atom is -0.468 e. The van der Waals surface area contributed by atoms with Crippen molar-refractivity contribution in [2.45, 2.75) is 13.8 Å². The lowest BCUT2D eigenvalue weighted by atomic mass is 10.2. The number of carbonyl (C=O) groups is 3. The molecule has 0 bridgehead atoms. The Balaban J connectivity index is 1.39. The van der Waals surface area contributed by atoms with Gasteiger partial charge in [-0.1, -0.05) is 12.1 Å². The maximum absolute atomic E-state index is 12.4. The molecule has 4 N–H and O–H groups in total. The predicted molar refractivity (Wildman–Crippen MR) is 143 cm³/mol. The number of esters is 1. The van der Waals surface area contributed by atoms with Crippen molar-refractivity contribution in [3.63, 3.8) is 0 Å². The quantitative estimate of drug-likeness (QED) is 0.244. The minimum absolute atomic E-state index is 0.220. The first-order chi connectivity index (χ1) is 18.3. The molecule has 38 heavy (non-hydrogen) atoms. The van der Waals surface area contributed by atoms with Crippen molar-refractivity contribution in [1.82, 2.24) is 15.3 Å². The SMILES string of the molecule is COC(=O)CNC(=O)c1c[nH]c(-c2cc(Oc3ccc(NC(=O)Nc4cccc(C)c4)c(C)c3)ccn2)c1. The van der Waals surface area contributed by atoms with E-state index in [0.29, 0.717) is 39.8 Å². The zero-order valence-electron chi connectivity index (χ0n) is 21.1. The number of hydrogen-bond acceptors (Lipinski definition) is 6.